The molecule has 0 aliphatic carbocycles. The molecule has 5 nitrogen and oxygen atoms in total. The van der Waals surface area contributed by atoms with Gasteiger partial charge in [-0.2, -0.15) is 5.26 Å². The fourth-order valence-electron chi connectivity index (χ4n) is 1.83. The highest BCUT2D eigenvalue weighted by atomic mass is 35.5. The van der Waals surface area contributed by atoms with Gasteiger partial charge in [0.2, 0.25) is 0 Å². The van der Waals surface area contributed by atoms with Crippen molar-refractivity contribution in [3.63, 3.8) is 0 Å². The van der Waals surface area contributed by atoms with Crippen molar-refractivity contribution in [2.75, 3.05) is 18.1 Å². The SMILES string of the molecule is CSc1nc(NC[C@H](C)O)c(C#N)c(-c2ccc(Cl)cc2)n1. The molecular formula is C15H15ClN4OS. The van der Waals surface area contributed by atoms with Gasteiger partial charge < -0.3 is 10.4 Å². The van der Waals surface area contributed by atoms with Gasteiger partial charge in [-0.3, -0.25) is 0 Å². The minimum atomic E-state index is -0.543. The molecule has 0 amide bonds. The fraction of sp³-hybridized carbons (Fsp3) is 0.267. The number of hydrogen-bond acceptors (Lipinski definition) is 6. The van der Waals surface area contributed by atoms with Crippen LogP contribution in [-0.4, -0.2) is 34.0 Å². The van der Waals surface area contributed by atoms with Crippen molar-refractivity contribution in [3.05, 3.63) is 34.9 Å². The van der Waals surface area contributed by atoms with Crippen LogP contribution in [0.1, 0.15) is 12.5 Å². The lowest BCUT2D eigenvalue weighted by molar-refractivity contribution is 0.208. The number of aliphatic hydroxyl groups excluding tert-OH is 1. The summed E-state index contributed by atoms with van der Waals surface area (Å²) in [6.45, 7) is 1.97. The number of aliphatic hydroxyl groups is 1. The Morgan fingerprint density at radius 3 is 2.59 bits per heavy atom. The lowest BCUT2D eigenvalue weighted by Gasteiger charge is -2.13. The first-order valence-electron chi connectivity index (χ1n) is 6.59. The third-order valence-corrected chi connectivity index (χ3v) is 3.67. The van der Waals surface area contributed by atoms with E-state index in [0.717, 1.165) is 5.56 Å². The van der Waals surface area contributed by atoms with Crippen LogP contribution in [0, 0.1) is 11.3 Å². The summed E-state index contributed by atoms with van der Waals surface area (Å²) in [5.74, 6) is 0.424. The summed E-state index contributed by atoms with van der Waals surface area (Å²) in [4.78, 5) is 8.75. The molecule has 1 atom stereocenters. The number of nitrogens with zero attached hydrogens (tertiary/aromatic N) is 3. The van der Waals surface area contributed by atoms with Crippen molar-refractivity contribution < 1.29 is 5.11 Å². The quantitative estimate of drug-likeness (QED) is 0.645. The zero-order chi connectivity index (χ0) is 16.1. The number of hydrogen-bond donors (Lipinski definition) is 2. The van der Waals surface area contributed by atoms with Crippen molar-refractivity contribution in [1.82, 2.24) is 9.97 Å². The van der Waals surface area contributed by atoms with Crippen LogP contribution >= 0.6 is 23.4 Å². The zero-order valence-electron chi connectivity index (χ0n) is 12.2. The first-order valence-corrected chi connectivity index (χ1v) is 8.19. The molecule has 0 unspecified atom stereocenters. The van der Waals surface area contributed by atoms with Gasteiger partial charge in [-0.15, -0.1) is 0 Å². The van der Waals surface area contributed by atoms with Crippen LogP contribution in [0.25, 0.3) is 11.3 Å². The van der Waals surface area contributed by atoms with Crippen molar-refractivity contribution in [2.45, 2.75) is 18.2 Å². The summed E-state index contributed by atoms with van der Waals surface area (Å²) < 4.78 is 0. The van der Waals surface area contributed by atoms with Crippen molar-refractivity contribution in [1.29, 1.82) is 5.26 Å². The second-order valence-corrected chi connectivity index (χ2v) is 5.84. The standard InChI is InChI=1S/C15H15ClN4OS/c1-9(21)8-18-14-12(7-17)13(19-15(20-14)22-2)10-3-5-11(16)6-4-10/h3-6,9,21H,8H2,1-2H3,(H,18,19,20)/t9-/m0/s1. The number of benzene rings is 1. The van der Waals surface area contributed by atoms with Gasteiger partial charge in [-0.05, 0) is 25.3 Å². The predicted octanol–water partition coefficient (Wildman–Crippen LogP) is 3.18. The van der Waals surface area contributed by atoms with E-state index in [1.165, 1.54) is 11.8 Å². The van der Waals surface area contributed by atoms with Crippen LogP contribution in [0.2, 0.25) is 5.02 Å². The summed E-state index contributed by atoms with van der Waals surface area (Å²) >= 11 is 7.29. The molecule has 0 bridgehead atoms. The Morgan fingerprint density at radius 2 is 2.05 bits per heavy atom. The molecule has 1 heterocycles. The summed E-state index contributed by atoms with van der Waals surface area (Å²) in [6, 6.07) is 9.27. The molecule has 0 radical (unpaired) electrons. The second-order valence-electron chi connectivity index (χ2n) is 4.63. The average molecular weight is 335 g/mol. The van der Waals surface area contributed by atoms with Crippen LogP contribution < -0.4 is 5.32 Å². The Kier molecular flexibility index (Phi) is 5.61. The Bertz CT molecular complexity index is 698. The number of halogens is 1. The topological polar surface area (TPSA) is 81.8 Å². The van der Waals surface area contributed by atoms with Gasteiger partial charge in [-0.25, -0.2) is 9.97 Å². The van der Waals surface area contributed by atoms with Gasteiger partial charge in [0.15, 0.2) is 5.16 Å². The van der Waals surface area contributed by atoms with Crippen molar-refractivity contribution in [3.8, 4) is 17.3 Å². The Labute approximate surface area is 138 Å². The Morgan fingerprint density at radius 1 is 1.36 bits per heavy atom. The minimum absolute atomic E-state index is 0.305. The molecule has 0 saturated heterocycles. The van der Waals surface area contributed by atoms with E-state index in [4.69, 9.17) is 11.6 Å². The molecule has 7 heteroatoms. The number of nitrogens with one attached hydrogen (secondary N) is 1. The summed E-state index contributed by atoms with van der Waals surface area (Å²) in [5.41, 5.74) is 1.69. The molecule has 1 aromatic carbocycles. The first-order chi connectivity index (χ1) is 10.5. The molecule has 22 heavy (non-hydrogen) atoms. The van der Waals surface area contributed by atoms with Gasteiger partial charge in [-0.1, -0.05) is 35.5 Å². The zero-order valence-corrected chi connectivity index (χ0v) is 13.7. The van der Waals surface area contributed by atoms with Crippen molar-refractivity contribution in [2.24, 2.45) is 0 Å². The van der Waals surface area contributed by atoms with E-state index in [0.29, 0.717) is 33.8 Å². The highest BCUT2D eigenvalue weighted by Crippen LogP contribution is 2.29. The summed E-state index contributed by atoms with van der Waals surface area (Å²) in [7, 11) is 0. The van der Waals surface area contributed by atoms with E-state index in [9.17, 15) is 10.4 Å². The molecule has 1 aromatic heterocycles. The molecule has 2 N–H and O–H groups in total. The number of thioether (sulfide) groups is 1. The number of rotatable bonds is 5. The average Bonchev–Trinajstić information content (AvgIpc) is 2.52. The monoisotopic (exact) mass is 334 g/mol. The van der Waals surface area contributed by atoms with Gasteiger partial charge in [0.25, 0.3) is 0 Å². The maximum absolute atomic E-state index is 9.48. The normalized spacial score (nSPS) is 11.8. The molecule has 2 rings (SSSR count). The van der Waals surface area contributed by atoms with E-state index < -0.39 is 6.10 Å². The maximum Gasteiger partial charge on any atom is 0.189 e. The third kappa shape index (κ3) is 3.89. The van der Waals surface area contributed by atoms with E-state index in [-0.39, 0.29) is 0 Å². The largest absolute Gasteiger partial charge is 0.392 e. The molecule has 0 aliphatic rings. The molecule has 0 aliphatic heterocycles. The van der Waals surface area contributed by atoms with Crippen LogP contribution in [0.4, 0.5) is 5.82 Å². The number of nitriles is 1. The van der Waals surface area contributed by atoms with Gasteiger partial charge in [0.1, 0.15) is 17.5 Å². The highest BCUT2D eigenvalue weighted by molar-refractivity contribution is 7.98. The number of aromatic nitrogens is 2. The van der Waals surface area contributed by atoms with E-state index in [1.807, 2.05) is 18.4 Å². The van der Waals surface area contributed by atoms with Gasteiger partial charge in [0, 0.05) is 17.1 Å². The third-order valence-electron chi connectivity index (χ3n) is 2.87. The van der Waals surface area contributed by atoms with Gasteiger partial charge in [0.05, 0.1) is 11.8 Å². The second kappa shape index (κ2) is 7.45. The van der Waals surface area contributed by atoms with Crippen molar-refractivity contribution >= 4 is 29.2 Å². The molecule has 0 saturated carbocycles. The van der Waals surface area contributed by atoms with Crippen LogP contribution in [0.5, 0.6) is 0 Å². The Balaban J connectivity index is 2.54. The maximum atomic E-state index is 9.48. The van der Waals surface area contributed by atoms with E-state index in [1.54, 1.807) is 19.1 Å². The summed E-state index contributed by atoms with van der Waals surface area (Å²) in [5, 5.41) is 23.1. The lowest BCUT2D eigenvalue weighted by Crippen LogP contribution is -2.17. The molecule has 2 aromatic rings. The van der Waals surface area contributed by atoms with Crippen LogP contribution in [0.15, 0.2) is 29.4 Å². The lowest BCUT2D eigenvalue weighted by atomic mass is 10.1. The summed E-state index contributed by atoms with van der Waals surface area (Å²) in [6.07, 6.45) is 1.32. The number of anilines is 1. The van der Waals surface area contributed by atoms with Crippen LogP contribution in [-0.2, 0) is 0 Å². The Hall–Kier alpha value is -1.81. The smallest absolute Gasteiger partial charge is 0.189 e. The predicted molar refractivity (Wildman–Crippen MR) is 89.1 cm³/mol. The van der Waals surface area contributed by atoms with E-state index in [2.05, 4.69) is 21.4 Å². The first kappa shape index (κ1) is 16.6. The fourth-order valence-corrected chi connectivity index (χ4v) is 2.32. The molecule has 114 valence electrons. The molecule has 0 fully saturated rings. The van der Waals surface area contributed by atoms with Crippen LogP contribution in [0.3, 0.4) is 0 Å². The molecular weight excluding hydrogens is 320 g/mol. The molecule has 0 spiro atoms. The minimum Gasteiger partial charge on any atom is -0.392 e. The van der Waals surface area contributed by atoms with Gasteiger partial charge >= 0.3 is 0 Å². The highest BCUT2D eigenvalue weighted by Gasteiger charge is 2.16. The van der Waals surface area contributed by atoms with E-state index >= 15 is 0 Å².